The maximum absolute atomic E-state index is 2.56. The highest BCUT2D eigenvalue weighted by Crippen LogP contribution is 2.38. The van der Waals surface area contributed by atoms with Gasteiger partial charge in [0.25, 0.3) is 0 Å². The Labute approximate surface area is 189 Å². The van der Waals surface area contributed by atoms with E-state index in [4.69, 9.17) is 0 Å². The van der Waals surface area contributed by atoms with Gasteiger partial charge in [0.05, 0.1) is 0 Å². The molecule has 0 heterocycles. The van der Waals surface area contributed by atoms with Crippen molar-refractivity contribution in [3.8, 4) is 0 Å². The van der Waals surface area contributed by atoms with E-state index in [1.807, 2.05) is 0 Å². The third-order valence-corrected chi connectivity index (χ3v) is 6.20. The average molecular weight is 411 g/mol. The van der Waals surface area contributed by atoms with E-state index in [0.29, 0.717) is 5.41 Å². The van der Waals surface area contributed by atoms with E-state index < -0.39 is 0 Å². The van der Waals surface area contributed by atoms with Crippen molar-refractivity contribution in [1.82, 2.24) is 0 Å². The Balaban J connectivity index is 2.28. The Morgan fingerprint density at radius 1 is 0.800 bits per heavy atom. The fourth-order valence-corrected chi connectivity index (χ4v) is 4.72. The van der Waals surface area contributed by atoms with Crippen molar-refractivity contribution in [2.75, 3.05) is 0 Å². The standard InChI is InChI=1S/C30H50/c1-24(2)13-11-16-26(4)18-12-17-25(3)14-9-10-15-27(5)19-20-29-21-28(6)22-30(7,8)23-29/h13-15,18,23,28H,9-12,16-17,19-22H2,1-8H3. The molecule has 1 rings (SSSR count). The summed E-state index contributed by atoms with van der Waals surface area (Å²) in [5.74, 6) is 0.841. The summed E-state index contributed by atoms with van der Waals surface area (Å²) in [5, 5.41) is 0. The lowest BCUT2D eigenvalue weighted by atomic mass is 9.74. The van der Waals surface area contributed by atoms with Gasteiger partial charge in [-0.05, 0) is 110 Å². The topological polar surface area (TPSA) is 0 Å². The van der Waals surface area contributed by atoms with Crippen molar-refractivity contribution in [3.63, 3.8) is 0 Å². The Morgan fingerprint density at radius 2 is 1.30 bits per heavy atom. The first-order valence-corrected chi connectivity index (χ1v) is 12.4. The van der Waals surface area contributed by atoms with E-state index in [0.717, 1.165) is 5.92 Å². The fourth-order valence-electron chi connectivity index (χ4n) is 4.72. The zero-order valence-corrected chi connectivity index (χ0v) is 21.5. The molecule has 0 aromatic carbocycles. The van der Waals surface area contributed by atoms with Crippen LogP contribution in [0, 0.1) is 11.3 Å². The minimum atomic E-state index is 0.395. The molecule has 0 amide bonds. The number of allylic oxidation sites excluding steroid dienone is 10. The van der Waals surface area contributed by atoms with Gasteiger partial charge in [0, 0.05) is 0 Å². The second-order valence-corrected chi connectivity index (χ2v) is 10.9. The normalized spacial score (nSPS) is 20.2. The Bertz CT molecular complexity index is 656. The molecule has 0 saturated heterocycles. The van der Waals surface area contributed by atoms with Crippen LogP contribution in [0.2, 0.25) is 0 Å². The van der Waals surface area contributed by atoms with Crippen molar-refractivity contribution >= 4 is 0 Å². The first-order valence-electron chi connectivity index (χ1n) is 12.4. The molecule has 170 valence electrons. The molecule has 0 N–H and O–H groups in total. The summed E-state index contributed by atoms with van der Waals surface area (Å²) in [6.07, 6.45) is 24.5. The smallest absolute Gasteiger partial charge is 0.0170 e. The molecule has 30 heavy (non-hydrogen) atoms. The maximum Gasteiger partial charge on any atom is -0.0170 e. The molecule has 0 aliphatic heterocycles. The third-order valence-electron chi connectivity index (χ3n) is 6.20. The van der Waals surface area contributed by atoms with Gasteiger partial charge in [-0.1, -0.05) is 79.0 Å². The van der Waals surface area contributed by atoms with Crippen LogP contribution in [0.5, 0.6) is 0 Å². The molecule has 1 aliphatic rings. The van der Waals surface area contributed by atoms with Gasteiger partial charge < -0.3 is 0 Å². The summed E-state index contributed by atoms with van der Waals surface area (Å²) >= 11 is 0. The zero-order valence-electron chi connectivity index (χ0n) is 21.5. The molecule has 1 unspecified atom stereocenters. The molecular weight excluding hydrogens is 360 g/mol. The van der Waals surface area contributed by atoms with E-state index >= 15 is 0 Å². The molecule has 0 saturated carbocycles. The Kier molecular flexibility index (Phi) is 12.4. The third kappa shape index (κ3) is 13.1. The highest BCUT2D eigenvalue weighted by atomic mass is 14.3. The van der Waals surface area contributed by atoms with Gasteiger partial charge in [0.1, 0.15) is 0 Å². The minimum absolute atomic E-state index is 0.395. The predicted molar refractivity (Wildman–Crippen MR) is 138 cm³/mol. The van der Waals surface area contributed by atoms with Crippen molar-refractivity contribution < 1.29 is 0 Å². The molecule has 0 aromatic rings. The average Bonchev–Trinajstić information content (AvgIpc) is 2.61. The lowest BCUT2D eigenvalue weighted by Gasteiger charge is -2.32. The monoisotopic (exact) mass is 410 g/mol. The molecule has 0 aromatic heterocycles. The SMILES string of the molecule is CC(C)=CCCC(C)=CCCC(C)=CCCC=C(C)CCC1=CC(C)(C)CC(C)C1. The van der Waals surface area contributed by atoms with Gasteiger partial charge in [0.15, 0.2) is 0 Å². The molecule has 0 spiro atoms. The summed E-state index contributed by atoms with van der Waals surface area (Å²) in [4.78, 5) is 0. The molecule has 0 radical (unpaired) electrons. The Hall–Kier alpha value is -1.30. The highest BCUT2D eigenvalue weighted by Gasteiger charge is 2.24. The van der Waals surface area contributed by atoms with Crippen LogP contribution >= 0.6 is 0 Å². The van der Waals surface area contributed by atoms with Crippen LogP contribution in [-0.4, -0.2) is 0 Å². The van der Waals surface area contributed by atoms with Crippen molar-refractivity contribution in [2.24, 2.45) is 11.3 Å². The minimum Gasteiger partial charge on any atom is -0.0856 e. The summed E-state index contributed by atoms with van der Waals surface area (Å²) in [5.41, 5.74) is 8.14. The quantitative estimate of drug-likeness (QED) is 0.222. The number of hydrogen-bond donors (Lipinski definition) is 0. The van der Waals surface area contributed by atoms with Crippen LogP contribution in [0.3, 0.4) is 0 Å². The summed E-state index contributed by atoms with van der Waals surface area (Å²) in [6.45, 7) is 18.4. The predicted octanol–water partition coefficient (Wildman–Crippen LogP) is 10.3. The molecular formula is C30H50. The highest BCUT2D eigenvalue weighted by molar-refractivity contribution is 5.15. The van der Waals surface area contributed by atoms with E-state index in [1.165, 1.54) is 80.9 Å². The number of unbranched alkanes of at least 4 members (excludes halogenated alkanes) is 1. The summed E-state index contributed by atoms with van der Waals surface area (Å²) in [6, 6.07) is 0. The van der Waals surface area contributed by atoms with Crippen LogP contribution in [0.25, 0.3) is 0 Å². The second kappa shape index (κ2) is 13.9. The molecule has 0 fully saturated rings. The molecule has 0 heteroatoms. The van der Waals surface area contributed by atoms with Crippen LogP contribution in [0.4, 0.5) is 0 Å². The van der Waals surface area contributed by atoms with E-state index in [-0.39, 0.29) is 0 Å². The summed E-state index contributed by atoms with van der Waals surface area (Å²) in [7, 11) is 0. The van der Waals surface area contributed by atoms with Crippen LogP contribution in [-0.2, 0) is 0 Å². The van der Waals surface area contributed by atoms with Crippen LogP contribution in [0.1, 0.15) is 120 Å². The lowest BCUT2D eigenvalue weighted by Crippen LogP contribution is -2.19. The first kappa shape index (κ1) is 26.7. The van der Waals surface area contributed by atoms with Crippen molar-refractivity contribution in [2.45, 2.75) is 120 Å². The lowest BCUT2D eigenvalue weighted by molar-refractivity contribution is 0.318. The largest absolute Gasteiger partial charge is 0.0856 e. The van der Waals surface area contributed by atoms with Crippen molar-refractivity contribution in [3.05, 3.63) is 58.2 Å². The summed E-state index contributed by atoms with van der Waals surface area (Å²) < 4.78 is 0. The molecule has 1 aliphatic carbocycles. The van der Waals surface area contributed by atoms with E-state index in [9.17, 15) is 0 Å². The van der Waals surface area contributed by atoms with Gasteiger partial charge in [-0.2, -0.15) is 0 Å². The Morgan fingerprint density at radius 3 is 1.83 bits per heavy atom. The first-order chi connectivity index (χ1) is 14.1. The molecule has 1 atom stereocenters. The van der Waals surface area contributed by atoms with Crippen LogP contribution in [0.15, 0.2) is 58.2 Å². The molecule has 0 bridgehead atoms. The van der Waals surface area contributed by atoms with E-state index in [2.05, 4.69) is 85.8 Å². The van der Waals surface area contributed by atoms with Gasteiger partial charge in [-0.15, -0.1) is 0 Å². The van der Waals surface area contributed by atoms with Crippen molar-refractivity contribution in [1.29, 1.82) is 0 Å². The zero-order chi connectivity index (χ0) is 22.6. The van der Waals surface area contributed by atoms with Gasteiger partial charge in [-0.25, -0.2) is 0 Å². The fraction of sp³-hybridized carbons (Fsp3) is 0.667. The van der Waals surface area contributed by atoms with Crippen LogP contribution < -0.4 is 0 Å². The number of rotatable bonds is 12. The number of hydrogen-bond acceptors (Lipinski definition) is 0. The van der Waals surface area contributed by atoms with E-state index in [1.54, 1.807) is 11.1 Å². The van der Waals surface area contributed by atoms with Gasteiger partial charge >= 0.3 is 0 Å². The van der Waals surface area contributed by atoms with Gasteiger partial charge in [-0.3, -0.25) is 0 Å². The molecule has 0 nitrogen and oxygen atoms in total. The second-order valence-electron chi connectivity index (χ2n) is 10.9. The maximum atomic E-state index is 2.56. The van der Waals surface area contributed by atoms with Gasteiger partial charge in [0.2, 0.25) is 0 Å².